The molecule has 2 amide bonds. The number of nitrogens with one attached hydrogen (secondary N) is 1. The SMILES string of the molecule is CC(C)(C)NC(=O)c1c(CC(O)CCc2ccccc2C(=O)N(CCO)C(C)(C)C)ccc2ccccc12. The van der Waals surface area contributed by atoms with Crippen molar-refractivity contribution < 1.29 is 19.8 Å². The average Bonchev–Trinajstić information content (AvgIpc) is 2.83. The van der Waals surface area contributed by atoms with Crippen LogP contribution in [-0.2, 0) is 12.8 Å². The van der Waals surface area contributed by atoms with E-state index in [2.05, 4.69) is 5.32 Å². The smallest absolute Gasteiger partial charge is 0.254 e. The number of aliphatic hydroxyl groups is 2. The van der Waals surface area contributed by atoms with E-state index in [1.54, 1.807) is 11.0 Å². The Labute approximate surface area is 226 Å². The van der Waals surface area contributed by atoms with E-state index in [-0.39, 0.29) is 25.0 Å². The molecule has 3 N–H and O–H groups in total. The Morgan fingerprint density at radius 3 is 2.21 bits per heavy atom. The molecule has 0 aliphatic carbocycles. The van der Waals surface area contributed by atoms with Gasteiger partial charge in [0.1, 0.15) is 0 Å². The number of rotatable bonds is 9. The molecule has 0 radical (unpaired) electrons. The number of nitrogens with zero attached hydrogens (tertiary/aromatic N) is 1. The van der Waals surface area contributed by atoms with Crippen molar-refractivity contribution in [3.05, 3.63) is 82.9 Å². The predicted molar refractivity (Wildman–Crippen MR) is 154 cm³/mol. The summed E-state index contributed by atoms with van der Waals surface area (Å²) in [6.07, 6.45) is 0.577. The fourth-order valence-electron chi connectivity index (χ4n) is 4.77. The highest BCUT2D eigenvalue weighted by Crippen LogP contribution is 2.26. The van der Waals surface area contributed by atoms with Gasteiger partial charge in [-0.15, -0.1) is 0 Å². The lowest BCUT2D eigenvalue weighted by atomic mass is 9.92. The van der Waals surface area contributed by atoms with Crippen molar-refractivity contribution in [2.45, 2.75) is 78.0 Å². The van der Waals surface area contributed by atoms with Gasteiger partial charge >= 0.3 is 0 Å². The first-order valence-electron chi connectivity index (χ1n) is 13.3. The summed E-state index contributed by atoms with van der Waals surface area (Å²) >= 11 is 0. The third kappa shape index (κ3) is 7.42. The van der Waals surface area contributed by atoms with E-state index in [1.165, 1.54) is 0 Å². The van der Waals surface area contributed by atoms with Crippen molar-refractivity contribution in [1.29, 1.82) is 0 Å². The zero-order valence-electron chi connectivity index (χ0n) is 23.5. The van der Waals surface area contributed by atoms with Crippen molar-refractivity contribution in [1.82, 2.24) is 10.2 Å². The molecular weight excluding hydrogens is 476 g/mol. The molecule has 0 heterocycles. The minimum absolute atomic E-state index is 0.110. The minimum Gasteiger partial charge on any atom is -0.395 e. The van der Waals surface area contributed by atoms with Gasteiger partial charge in [0.2, 0.25) is 0 Å². The molecular formula is C32H42N2O4. The van der Waals surface area contributed by atoms with Gasteiger partial charge < -0.3 is 20.4 Å². The van der Waals surface area contributed by atoms with Gasteiger partial charge in [-0.3, -0.25) is 9.59 Å². The molecule has 0 saturated carbocycles. The topological polar surface area (TPSA) is 89.9 Å². The van der Waals surface area contributed by atoms with Gasteiger partial charge in [0.15, 0.2) is 0 Å². The quantitative estimate of drug-likeness (QED) is 0.366. The highest BCUT2D eigenvalue weighted by atomic mass is 16.3. The Balaban J connectivity index is 1.83. The monoisotopic (exact) mass is 518 g/mol. The van der Waals surface area contributed by atoms with E-state index in [9.17, 15) is 19.8 Å². The van der Waals surface area contributed by atoms with Crippen LogP contribution in [0, 0.1) is 0 Å². The Morgan fingerprint density at radius 2 is 1.55 bits per heavy atom. The molecule has 1 unspecified atom stereocenters. The largest absolute Gasteiger partial charge is 0.395 e. The molecule has 0 aliphatic heterocycles. The molecule has 0 aliphatic rings. The van der Waals surface area contributed by atoms with Gasteiger partial charge in [-0.05, 0) is 88.8 Å². The minimum atomic E-state index is -0.698. The van der Waals surface area contributed by atoms with Crippen LogP contribution < -0.4 is 5.32 Å². The van der Waals surface area contributed by atoms with Crippen LogP contribution in [0.15, 0.2) is 60.7 Å². The summed E-state index contributed by atoms with van der Waals surface area (Å²) in [5.74, 6) is -0.286. The molecule has 6 heteroatoms. The summed E-state index contributed by atoms with van der Waals surface area (Å²) < 4.78 is 0. The number of carbonyl (C=O) groups is 2. The predicted octanol–water partition coefficient (Wildman–Crippen LogP) is 5.14. The number of hydrogen-bond acceptors (Lipinski definition) is 4. The fourth-order valence-corrected chi connectivity index (χ4v) is 4.77. The molecule has 0 fully saturated rings. The Kier molecular flexibility index (Phi) is 9.34. The molecule has 0 aromatic heterocycles. The lowest BCUT2D eigenvalue weighted by Crippen LogP contribution is -2.47. The summed E-state index contributed by atoms with van der Waals surface area (Å²) in [6.45, 7) is 11.8. The summed E-state index contributed by atoms with van der Waals surface area (Å²) in [5, 5.41) is 25.5. The summed E-state index contributed by atoms with van der Waals surface area (Å²) in [6, 6.07) is 19.2. The van der Waals surface area contributed by atoms with Crippen molar-refractivity contribution in [2.24, 2.45) is 0 Å². The van der Waals surface area contributed by atoms with Gasteiger partial charge in [0, 0.05) is 23.2 Å². The van der Waals surface area contributed by atoms with E-state index in [0.717, 1.165) is 21.9 Å². The van der Waals surface area contributed by atoms with Crippen LogP contribution in [0.25, 0.3) is 10.8 Å². The number of fused-ring (bicyclic) bond motifs is 1. The van der Waals surface area contributed by atoms with Gasteiger partial charge in [-0.25, -0.2) is 0 Å². The van der Waals surface area contributed by atoms with Crippen LogP contribution in [0.2, 0.25) is 0 Å². The fraction of sp³-hybridized carbons (Fsp3) is 0.438. The number of aliphatic hydroxyl groups excluding tert-OH is 2. The van der Waals surface area contributed by atoms with E-state index in [4.69, 9.17) is 0 Å². The Morgan fingerprint density at radius 1 is 0.895 bits per heavy atom. The van der Waals surface area contributed by atoms with Gasteiger partial charge in [0.05, 0.1) is 18.3 Å². The van der Waals surface area contributed by atoms with E-state index >= 15 is 0 Å². The molecule has 3 aromatic rings. The first-order chi connectivity index (χ1) is 17.8. The standard InChI is InChI=1S/C32H42N2O4/c1-31(2,3)33-29(37)28-24(16-15-22-11-7-9-13-26(22)28)21-25(36)18-17-23-12-8-10-14-27(23)30(38)34(19-20-35)32(4,5)6/h7-16,25,35-36H,17-21H2,1-6H3,(H,33,37). The highest BCUT2D eigenvalue weighted by molar-refractivity contribution is 6.08. The Bertz CT molecular complexity index is 1270. The number of aryl methyl sites for hydroxylation is 1. The van der Waals surface area contributed by atoms with Crippen molar-refractivity contribution >= 4 is 22.6 Å². The van der Waals surface area contributed by atoms with Crippen molar-refractivity contribution in [2.75, 3.05) is 13.2 Å². The number of benzene rings is 3. The lowest BCUT2D eigenvalue weighted by molar-refractivity contribution is 0.0525. The summed E-state index contributed by atoms with van der Waals surface area (Å²) in [7, 11) is 0. The van der Waals surface area contributed by atoms with Crippen LogP contribution in [0.3, 0.4) is 0 Å². The first-order valence-corrected chi connectivity index (χ1v) is 13.3. The van der Waals surface area contributed by atoms with E-state index in [0.29, 0.717) is 30.4 Å². The van der Waals surface area contributed by atoms with E-state index in [1.807, 2.05) is 96.1 Å². The van der Waals surface area contributed by atoms with Crippen LogP contribution in [0.5, 0.6) is 0 Å². The molecule has 3 aromatic carbocycles. The lowest BCUT2D eigenvalue weighted by Gasteiger charge is -2.35. The summed E-state index contributed by atoms with van der Waals surface area (Å²) in [4.78, 5) is 28.4. The average molecular weight is 519 g/mol. The number of amides is 2. The molecule has 3 rings (SSSR count). The Hall–Kier alpha value is -3.22. The number of β-amino-alcohol motifs (C(OH)–C–C–N with tert-alkyl or cyclic N) is 1. The molecule has 0 saturated heterocycles. The third-order valence-electron chi connectivity index (χ3n) is 6.56. The molecule has 1 atom stereocenters. The third-order valence-corrected chi connectivity index (χ3v) is 6.56. The van der Waals surface area contributed by atoms with Crippen molar-refractivity contribution in [3.63, 3.8) is 0 Å². The number of carbonyl (C=O) groups excluding carboxylic acids is 2. The maximum atomic E-state index is 13.4. The summed E-state index contributed by atoms with van der Waals surface area (Å²) in [5.41, 5.74) is 2.00. The normalized spacial score (nSPS) is 12.8. The molecule has 0 spiro atoms. The van der Waals surface area contributed by atoms with Crippen LogP contribution in [0.1, 0.15) is 79.8 Å². The second-order valence-corrected chi connectivity index (χ2v) is 11.9. The zero-order valence-corrected chi connectivity index (χ0v) is 23.5. The second-order valence-electron chi connectivity index (χ2n) is 11.9. The molecule has 204 valence electrons. The van der Waals surface area contributed by atoms with Gasteiger partial charge in [-0.1, -0.05) is 54.6 Å². The van der Waals surface area contributed by atoms with Crippen molar-refractivity contribution in [3.8, 4) is 0 Å². The van der Waals surface area contributed by atoms with Gasteiger partial charge in [0.25, 0.3) is 11.8 Å². The second kappa shape index (κ2) is 12.1. The zero-order chi connectivity index (χ0) is 28.1. The van der Waals surface area contributed by atoms with Crippen LogP contribution in [-0.4, -0.2) is 57.3 Å². The molecule has 38 heavy (non-hydrogen) atoms. The van der Waals surface area contributed by atoms with Gasteiger partial charge in [-0.2, -0.15) is 0 Å². The number of hydrogen-bond donors (Lipinski definition) is 3. The first kappa shape index (κ1) is 29.3. The molecule has 6 nitrogen and oxygen atoms in total. The van der Waals surface area contributed by atoms with Crippen LogP contribution >= 0.6 is 0 Å². The maximum Gasteiger partial charge on any atom is 0.254 e. The highest BCUT2D eigenvalue weighted by Gasteiger charge is 2.28. The maximum absolute atomic E-state index is 13.4. The van der Waals surface area contributed by atoms with E-state index < -0.39 is 17.2 Å². The van der Waals surface area contributed by atoms with Crippen LogP contribution in [0.4, 0.5) is 0 Å². The molecule has 0 bridgehead atoms.